The molecular weight excluding hydrogens is 432 g/mol. The summed E-state index contributed by atoms with van der Waals surface area (Å²) in [6.07, 6.45) is 0.707. The molecule has 3 rings (SSSR count). The van der Waals surface area contributed by atoms with Crippen molar-refractivity contribution < 1.29 is 19.1 Å². The Hall–Kier alpha value is -1.64. The largest absolute Gasteiger partial charge is 0.460 e. The predicted octanol–water partition coefficient (Wildman–Crippen LogP) is 3.68. The minimum Gasteiger partial charge on any atom is -0.460 e. The Balaban J connectivity index is 2.03. The summed E-state index contributed by atoms with van der Waals surface area (Å²) in [5.41, 5.74) is 1.81. The van der Waals surface area contributed by atoms with E-state index in [1.54, 1.807) is 18.9 Å². The van der Waals surface area contributed by atoms with E-state index in [-0.39, 0.29) is 17.8 Å². The standard InChI is InChI=1S/C19H21BrN2O4S/c1-4-14-17(23)22-16(12-5-7-13(20)8-6-12)15(11(2)21-19(22)27-14)18(24)26-10-9-25-3/h5-8,14,16H,4,9-10H2,1-3H3/t14-,16-/m1/s1. The number of aliphatic imine (C=N–C) groups is 1. The predicted molar refractivity (Wildman–Crippen MR) is 108 cm³/mol. The fraction of sp³-hybridized carbons (Fsp3) is 0.421. The number of carbonyl (C=O) groups excluding carboxylic acids is 2. The average molecular weight is 453 g/mol. The van der Waals surface area contributed by atoms with Gasteiger partial charge in [0.1, 0.15) is 6.61 Å². The van der Waals surface area contributed by atoms with Crippen molar-refractivity contribution in [3.63, 3.8) is 0 Å². The van der Waals surface area contributed by atoms with E-state index in [0.29, 0.717) is 29.5 Å². The van der Waals surface area contributed by atoms with Gasteiger partial charge in [-0.25, -0.2) is 9.79 Å². The van der Waals surface area contributed by atoms with E-state index in [0.717, 1.165) is 10.0 Å². The molecule has 1 amide bonds. The molecule has 2 aliphatic heterocycles. The number of ether oxygens (including phenoxy) is 2. The smallest absolute Gasteiger partial charge is 0.338 e. The Bertz CT molecular complexity index is 806. The van der Waals surface area contributed by atoms with Crippen LogP contribution in [0.3, 0.4) is 0 Å². The lowest BCUT2D eigenvalue weighted by molar-refractivity contribution is -0.141. The molecule has 0 bridgehead atoms. The van der Waals surface area contributed by atoms with E-state index >= 15 is 0 Å². The van der Waals surface area contributed by atoms with Crippen LogP contribution in [0.25, 0.3) is 0 Å². The van der Waals surface area contributed by atoms with Gasteiger partial charge in [0.15, 0.2) is 5.17 Å². The third-order valence-electron chi connectivity index (χ3n) is 4.45. The molecule has 2 heterocycles. The Morgan fingerprint density at radius 3 is 2.63 bits per heavy atom. The first kappa shape index (κ1) is 20.1. The van der Waals surface area contributed by atoms with Crippen LogP contribution in [-0.2, 0) is 19.1 Å². The Kier molecular flexibility index (Phi) is 6.39. The molecule has 0 N–H and O–H groups in total. The molecule has 144 valence electrons. The minimum atomic E-state index is -0.544. The topological polar surface area (TPSA) is 68.2 Å². The van der Waals surface area contributed by atoms with Crippen LogP contribution in [0, 0.1) is 0 Å². The van der Waals surface area contributed by atoms with Gasteiger partial charge in [0.25, 0.3) is 0 Å². The zero-order valence-corrected chi connectivity index (χ0v) is 17.8. The maximum atomic E-state index is 13.0. The number of nitrogens with zero attached hydrogens (tertiary/aromatic N) is 2. The number of fused-ring (bicyclic) bond motifs is 1. The third kappa shape index (κ3) is 3.97. The van der Waals surface area contributed by atoms with Crippen molar-refractivity contribution in [2.75, 3.05) is 20.3 Å². The van der Waals surface area contributed by atoms with Crippen molar-refractivity contribution in [3.05, 3.63) is 45.6 Å². The number of amidine groups is 1. The van der Waals surface area contributed by atoms with Crippen LogP contribution in [0.15, 0.2) is 45.0 Å². The lowest BCUT2D eigenvalue weighted by atomic mass is 9.94. The summed E-state index contributed by atoms with van der Waals surface area (Å²) < 4.78 is 11.2. The van der Waals surface area contributed by atoms with Crippen LogP contribution in [0.5, 0.6) is 0 Å². The van der Waals surface area contributed by atoms with E-state index in [1.165, 1.54) is 11.8 Å². The van der Waals surface area contributed by atoms with Crippen LogP contribution in [0.1, 0.15) is 31.9 Å². The number of thioether (sulfide) groups is 1. The minimum absolute atomic E-state index is 0.0242. The molecule has 1 saturated heterocycles. The SMILES string of the molecule is CC[C@H]1SC2=NC(C)=C(C(=O)OCCOC)[C@@H](c3ccc(Br)cc3)N2C1=O. The first-order chi connectivity index (χ1) is 13.0. The van der Waals surface area contributed by atoms with Crippen molar-refractivity contribution in [2.45, 2.75) is 31.6 Å². The van der Waals surface area contributed by atoms with Gasteiger partial charge in [-0.15, -0.1) is 0 Å². The zero-order valence-electron chi connectivity index (χ0n) is 15.4. The Labute approximate surface area is 171 Å². The fourth-order valence-corrected chi connectivity index (χ4v) is 4.50. The van der Waals surface area contributed by atoms with Crippen LogP contribution in [-0.4, -0.2) is 47.5 Å². The summed E-state index contributed by atoms with van der Waals surface area (Å²) >= 11 is 4.88. The molecule has 0 aromatic heterocycles. The molecule has 0 unspecified atom stereocenters. The Morgan fingerprint density at radius 1 is 1.30 bits per heavy atom. The van der Waals surface area contributed by atoms with Gasteiger partial charge in [0.2, 0.25) is 5.91 Å². The van der Waals surface area contributed by atoms with Gasteiger partial charge >= 0.3 is 5.97 Å². The second-order valence-electron chi connectivity index (χ2n) is 6.20. The monoisotopic (exact) mass is 452 g/mol. The summed E-state index contributed by atoms with van der Waals surface area (Å²) in [6, 6.07) is 7.07. The van der Waals surface area contributed by atoms with Crippen LogP contribution in [0.4, 0.5) is 0 Å². The highest BCUT2D eigenvalue weighted by molar-refractivity contribution is 9.10. The van der Waals surface area contributed by atoms with E-state index in [4.69, 9.17) is 9.47 Å². The highest BCUT2D eigenvalue weighted by Crippen LogP contribution is 2.44. The number of rotatable bonds is 6. The highest BCUT2D eigenvalue weighted by Gasteiger charge is 2.47. The van der Waals surface area contributed by atoms with E-state index in [9.17, 15) is 9.59 Å². The lowest BCUT2D eigenvalue weighted by Crippen LogP contribution is -2.40. The van der Waals surface area contributed by atoms with Gasteiger partial charge in [-0.3, -0.25) is 9.69 Å². The summed E-state index contributed by atoms with van der Waals surface area (Å²) in [5, 5.41) is 0.462. The molecule has 0 spiro atoms. The van der Waals surface area contributed by atoms with Crippen LogP contribution < -0.4 is 0 Å². The molecule has 6 nitrogen and oxygen atoms in total. The number of hydrogen-bond donors (Lipinski definition) is 0. The van der Waals surface area contributed by atoms with E-state index in [2.05, 4.69) is 20.9 Å². The first-order valence-corrected chi connectivity index (χ1v) is 10.4. The van der Waals surface area contributed by atoms with E-state index < -0.39 is 12.0 Å². The summed E-state index contributed by atoms with van der Waals surface area (Å²) in [6.45, 7) is 4.22. The molecule has 27 heavy (non-hydrogen) atoms. The number of hydrogen-bond acceptors (Lipinski definition) is 6. The fourth-order valence-electron chi connectivity index (χ4n) is 3.11. The number of benzene rings is 1. The maximum Gasteiger partial charge on any atom is 0.338 e. The van der Waals surface area contributed by atoms with Gasteiger partial charge in [-0.05, 0) is 31.0 Å². The van der Waals surface area contributed by atoms with Crippen molar-refractivity contribution in [1.29, 1.82) is 0 Å². The molecule has 0 aliphatic carbocycles. The number of methoxy groups -OCH3 is 1. The van der Waals surface area contributed by atoms with Crippen molar-refractivity contribution in [1.82, 2.24) is 4.90 Å². The number of halogens is 1. The van der Waals surface area contributed by atoms with Crippen molar-refractivity contribution >= 4 is 44.7 Å². The summed E-state index contributed by atoms with van der Waals surface area (Å²) in [5.74, 6) is -0.498. The van der Waals surface area contributed by atoms with Crippen LogP contribution >= 0.6 is 27.7 Å². The molecule has 2 atom stereocenters. The molecule has 1 fully saturated rings. The molecule has 0 saturated carbocycles. The third-order valence-corrected chi connectivity index (χ3v) is 6.30. The van der Waals surface area contributed by atoms with Gasteiger partial charge in [-0.2, -0.15) is 0 Å². The van der Waals surface area contributed by atoms with Crippen LogP contribution in [0.2, 0.25) is 0 Å². The second kappa shape index (κ2) is 8.58. The highest BCUT2D eigenvalue weighted by atomic mass is 79.9. The molecule has 1 aromatic rings. The number of allylic oxidation sites excluding steroid dienone is 1. The molecule has 2 aliphatic rings. The Morgan fingerprint density at radius 2 is 2.00 bits per heavy atom. The number of amides is 1. The van der Waals surface area contributed by atoms with E-state index in [1.807, 2.05) is 31.2 Å². The molecule has 8 heteroatoms. The molecular formula is C19H21BrN2O4S. The summed E-state index contributed by atoms with van der Waals surface area (Å²) in [7, 11) is 1.55. The second-order valence-corrected chi connectivity index (χ2v) is 8.28. The average Bonchev–Trinajstić information content (AvgIpc) is 2.96. The quantitative estimate of drug-likeness (QED) is 0.486. The number of carbonyl (C=O) groups is 2. The van der Waals surface area contributed by atoms with Gasteiger partial charge < -0.3 is 9.47 Å². The first-order valence-electron chi connectivity index (χ1n) is 8.68. The van der Waals surface area contributed by atoms with Gasteiger partial charge in [0, 0.05) is 11.6 Å². The normalized spacial score (nSPS) is 22.0. The zero-order chi connectivity index (χ0) is 19.6. The van der Waals surface area contributed by atoms with Crippen molar-refractivity contribution in [3.8, 4) is 0 Å². The lowest BCUT2D eigenvalue weighted by Gasteiger charge is -2.33. The maximum absolute atomic E-state index is 13.0. The molecule has 0 radical (unpaired) electrons. The van der Waals surface area contributed by atoms with Gasteiger partial charge in [-0.1, -0.05) is 46.7 Å². The summed E-state index contributed by atoms with van der Waals surface area (Å²) in [4.78, 5) is 32.0. The molecule has 1 aromatic carbocycles. The van der Waals surface area contributed by atoms with Crippen molar-refractivity contribution in [2.24, 2.45) is 4.99 Å². The number of esters is 1. The van der Waals surface area contributed by atoms with Gasteiger partial charge in [0.05, 0.1) is 29.2 Å².